The molecule has 180 valence electrons. The molecular weight excluding hydrogens is 498 g/mol. The number of carbonyl (C=O) groups excluding carboxylic acids is 1. The van der Waals surface area contributed by atoms with Crippen molar-refractivity contribution in [2.45, 2.75) is 48.4 Å². The molecular formula is C9F18O3. The van der Waals surface area contributed by atoms with Crippen molar-refractivity contribution in [3.05, 3.63) is 0 Å². The number of rotatable bonds is 7. The van der Waals surface area contributed by atoms with Gasteiger partial charge in [0.15, 0.2) is 0 Å². The minimum Gasteiger partial charge on any atom is -0.262 e. The molecule has 0 heterocycles. The van der Waals surface area contributed by atoms with E-state index in [1.165, 1.54) is 4.74 Å². The Bertz CT molecular complexity index is 629. The molecule has 0 N–H and O–H groups in total. The molecule has 0 bridgehead atoms. The predicted molar refractivity (Wildman–Crippen MR) is 49.0 cm³/mol. The molecule has 1 unspecified atom stereocenters. The van der Waals surface area contributed by atoms with Gasteiger partial charge in [-0.2, -0.15) is 79.0 Å². The molecule has 0 spiro atoms. The Kier molecular flexibility index (Phi) is 6.79. The molecule has 0 aliphatic rings. The van der Waals surface area contributed by atoms with Gasteiger partial charge in [0.2, 0.25) is 0 Å². The van der Waals surface area contributed by atoms with Crippen LogP contribution in [0.3, 0.4) is 0 Å². The summed E-state index contributed by atoms with van der Waals surface area (Å²) in [5, 5.41) is 0. The maximum absolute atomic E-state index is 13.5. The average molecular weight is 498 g/mol. The van der Waals surface area contributed by atoms with Gasteiger partial charge in [0.05, 0.1) is 0 Å². The van der Waals surface area contributed by atoms with Crippen LogP contribution in [0.2, 0.25) is 0 Å². The largest absolute Gasteiger partial charge is 0.458 e. The zero-order valence-corrected chi connectivity index (χ0v) is 12.5. The van der Waals surface area contributed by atoms with Gasteiger partial charge in [0.1, 0.15) is 0 Å². The van der Waals surface area contributed by atoms with E-state index < -0.39 is 54.4 Å². The van der Waals surface area contributed by atoms with Gasteiger partial charge in [-0.3, -0.25) is 14.3 Å². The quantitative estimate of drug-likeness (QED) is 0.351. The zero-order valence-electron chi connectivity index (χ0n) is 12.5. The fourth-order valence-electron chi connectivity index (χ4n) is 1.16. The Morgan fingerprint density at radius 3 is 0.967 bits per heavy atom. The third-order valence-electron chi connectivity index (χ3n) is 2.62. The second kappa shape index (κ2) is 7.19. The van der Waals surface area contributed by atoms with E-state index in [-0.39, 0.29) is 0 Å². The van der Waals surface area contributed by atoms with E-state index in [1.54, 1.807) is 0 Å². The van der Waals surface area contributed by atoms with Crippen molar-refractivity contribution in [1.29, 1.82) is 0 Å². The second-order valence-electron chi connectivity index (χ2n) is 4.77. The summed E-state index contributed by atoms with van der Waals surface area (Å²) in [7, 11) is 0. The van der Waals surface area contributed by atoms with Crippen LogP contribution in [-0.2, 0) is 14.3 Å². The monoisotopic (exact) mass is 498 g/mol. The third kappa shape index (κ3) is 4.49. The number of hydrogen-bond acceptors (Lipinski definition) is 3. The first-order chi connectivity index (χ1) is 12.6. The summed E-state index contributed by atoms with van der Waals surface area (Å²) in [5.74, 6) is -23.3. The van der Waals surface area contributed by atoms with E-state index >= 15 is 0 Å². The summed E-state index contributed by atoms with van der Waals surface area (Å²) in [4.78, 5) is 9.63. The highest BCUT2D eigenvalue weighted by Crippen LogP contribution is 2.57. The summed E-state index contributed by atoms with van der Waals surface area (Å²) in [6.07, 6.45) is -39.4. The first-order valence-electron chi connectivity index (χ1n) is 5.92. The minimum atomic E-state index is -8.18. The summed E-state index contributed by atoms with van der Waals surface area (Å²) < 4.78 is 227. The number of halogens is 18. The molecule has 3 nitrogen and oxygen atoms in total. The van der Waals surface area contributed by atoms with Gasteiger partial charge in [-0.15, -0.1) is 0 Å². The molecule has 21 heteroatoms. The molecule has 0 rings (SSSR count). The molecule has 30 heavy (non-hydrogen) atoms. The van der Waals surface area contributed by atoms with Crippen molar-refractivity contribution in [3.63, 3.8) is 0 Å². The van der Waals surface area contributed by atoms with Crippen LogP contribution in [0.15, 0.2) is 0 Å². The van der Waals surface area contributed by atoms with Crippen LogP contribution in [-0.4, -0.2) is 54.4 Å². The van der Waals surface area contributed by atoms with Crippen LogP contribution < -0.4 is 0 Å². The highest BCUT2D eigenvalue weighted by Gasteiger charge is 2.86. The molecule has 0 saturated heterocycles. The van der Waals surface area contributed by atoms with Crippen molar-refractivity contribution in [1.82, 2.24) is 0 Å². The topological polar surface area (TPSA) is 35.5 Å². The van der Waals surface area contributed by atoms with E-state index in [0.29, 0.717) is 0 Å². The lowest BCUT2D eigenvalue weighted by atomic mass is 10.2. The Morgan fingerprint density at radius 1 is 0.467 bits per heavy atom. The molecule has 0 aromatic heterocycles. The summed E-state index contributed by atoms with van der Waals surface area (Å²) in [6.45, 7) is 0. The molecule has 0 amide bonds. The van der Waals surface area contributed by atoms with Gasteiger partial charge in [-0.1, -0.05) is 0 Å². The van der Waals surface area contributed by atoms with Crippen molar-refractivity contribution in [3.8, 4) is 0 Å². The normalized spacial score (nSPS) is 17.7. The number of ether oxygens (including phenoxy) is 2. The first kappa shape index (κ1) is 28.3. The van der Waals surface area contributed by atoms with Gasteiger partial charge in [-0.05, 0) is 0 Å². The van der Waals surface area contributed by atoms with E-state index in [1.807, 2.05) is 0 Å². The number of alkyl halides is 17. The highest BCUT2D eigenvalue weighted by atomic mass is 19.4. The van der Waals surface area contributed by atoms with Crippen molar-refractivity contribution >= 4 is 6.04 Å². The molecule has 0 aliphatic carbocycles. The second-order valence-corrected chi connectivity index (χ2v) is 4.77. The van der Waals surface area contributed by atoms with Gasteiger partial charge < -0.3 is 0 Å². The summed E-state index contributed by atoms with van der Waals surface area (Å²) in [5.41, 5.74) is 0. The van der Waals surface area contributed by atoms with Crippen LogP contribution >= 0.6 is 0 Å². The Labute approximate surface area is 149 Å². The molecule has 1 atom stereocenters. The van der Waals surface area contributed by atoms with E-state index in [2.05, 4.69) is 0 Å². The number of hydrogen-bond donors (Lipinski definition) is 0. The van der Waals surface area contributed by atoms with Crippen molar-refractivity contribution < 1.29 is 93.3 Å². The lowest BCUT2D eigenvalue weighted by molar-refractivity contribution is -0.558. The summed E-state index contributed by atoms with van der Waals surface area (Å²) >= 11 is 0. The van der Waals surface area contributed by atoms with Crippen LogP contribution in [0.5, 0.6) is 0 Å². The van der Waals surface area contributed by atoms with E-state index in [4.69, 9.17) is 0 Å². The lowest BCUT2D eigenvalue weighted by Gasteiger charge is -2.40. The van der Waals surface area contributed by atoms with Crippen molar-refractivity contribution in [2.24, 2.45) is 0 Å². The van der Waals surface area contributed by atoms with Crippen molar-refractivity contribution in [2.75, 3.05) is 0 Å². The number of carbonyl (C=O) groups is 1. The lowest BCUT2D eigenvalue weighted by Crippen LogP contribution is -2.68. The fourth-order valence-corrected chi connectivity index (χ4v) is 1.16. The van der Waals surface area contributed by atoms with Crippen LogP contribution in [0.1, 0.15) is 0 Å². The van der Waals surface area contributed by atoms with Gasteiger partial charge in [0, 0.05) is 0 Å². The van der Waals surface area contributed by atoms with Crippen LogP contribution in [0.4, 0.5) is 79.0 Å². The molecule has 0 aromatic rings. The Hall–Kier alpha value is -1.67. The zero-order chi connectivity index (χ0) is 25.0. The average Bonchev–Trinajstić information content (AvgIpc) is 2.41. The Morgan fingerprint density at radius 2 is 0.733 bits per heavy atom. The predicted octanol–water partition coefficient (Wildman–Crippen LogP) is 5.36. The smallest absolute Gasteiger partial charge is 0.262 e. The molecule has 0 aliphatic heterocycles. The highest BCUT2D eigenvalue weighted by molar-refractivity contribution is 5.77. The first-order valence-corrected chi connectivity index (χ1v) is 5.92. The maximum atomic E-state index is 13.5. The standard InChI is InChI=1S/C9F18O3/c10-1(28)2(11,12)8(24,25)30-4(14,7(21,22)23)9(26,27)29-3(13,5(15,16)17)6(18,19)20. The van der Waals surface area contributed by atoms with Crippen LogP contribution in [0.25, 0.3) is 0 Å². The van der Waals surface area contributed by atoms with E-state index in [9.17, 15) is 83.8 Å². The minimum absolute atomic E-state index is 1.14. The van der Waals surface area contributed by atoms with Crippen LogP contribution in [0, 0.1) is 0 Å². The molecule has 0 aromatic carbocycles. The fraction of sp³-hybridized carbons (Fsp3) is 0.889. The third-order valence-corrected chi connectivity index (χ3v) is 2.62. The van der Waals surface area contributed by atoms with Gasteiger partial charge in [-0.25, -0.2) is 0 Å². The molecule has 0 fully saturated rings. The SMILES string of the molecule is O=C(F)C(F)(F)C(F)(F)OC(F)(C(F)(F)F)C(F)(F)OC(F)(C(F)(F)F)C(F)(F)F. The maximum Gasteiger partial charge on any atom is 0.458 e. The summed E-state index contributed by atoms with van der Waals surface area (Å²) in [6, 6.07) is -4.67. The van der Waals surface area contributed by atoms with Gasteiger partial charge in [0.25, 0.3) is 0 Å². The Balaban J connectivity index is 6.68. The molecule has 0 radical (unpaired) electrons. The van der Waals surface area contributed by atoms with Gasteiger partial charge >= 0.3 is 54.4 Å². The molecule has 0 saturated carbocycles. The van der Waals surface area contributed by atoms with E-state index in [0.717, 1.165) is 4.74 Å².